The van der Waals surface area contributed by atoms with E-state index in [1.54, 1.807) is 67.6 Å². The number of amides is 1. The van der Waals surface area contributed by atoms with Crippen LogP contribution in [-0.2, 0) is 4.79 Å². The minimum absolute atomic E-state index is 0.179. The average molecular weight is 464 g/mol. The molecule has 7 heteroatoms. The van der Waals surface area contributed by atoms with Crippen molar-refractivity contribution < 1.29 is 18.7 Å². The summed E-state index contributed by atoms with van der Waals surface area (Å²) in [6.07, 6.45) is 0. The minimum Gasteiger partial charge on any atom is -0.494 e. The van der Waals surface area contributed by atoms with E-state index < -0.39 is 0 Å². The van der Waals surface area contributed by atoms with Gasteiger partial charge in [0.1, 0.15) is 22.8 Å². The van der Waals surface area contributed by atoms with Crippen molar-refractivity contribution in [1.82, 2.24) is 0 Å². The lowest BCUT2D eigenvalue weighted by atomic mass is 10.0. The summed E-state index contributed by atoms with van der Waals surface area (Å²) in [5.74, 6) is 1.28. The fourth-order valence-electron chi connectivity index (χ4n) is 3.50. The highest BCUT2D eigenvalue weighted by Gasteiger charge is 2.16. The molecule has 3 aromatic carbocycles. The Labute approximate surface area is 195 Å². The molecule has 0 radical (unpaired) electrons. The normalized spacial score (nSPS) is 10.8. The van der Waals surface area contributed by atoms with Crippen molar-refractivity contribution in [1.29, 1.82) is 0 Å². The van der Waals surface area contributed by atoms with E-state index in [2.05, 4.69) is 5.32 Å². The fraction of sp³-hybridized carbons (Fsp3) is 0.154. The lowest BCUT2D eigenvalue weighted by molar-refractivity contribution is -0.118. The molecule has 1 amide bonds. The van der Waals surface area contributed by atoms with Gasteiger partial charge in [0.25, 0.3) is 5.91 Å². The van der Waals surface area contributed by atoms with Gasteiger partial charge in [0.15, 0.2) is 6.61 Å². The second-order valence-electron chi connectivity index (χ2n) is 7.29. The molecule has 0 saturated carbocycles. The van der Waals surface area contributed by atoms with Crippen LogP contribution >= 0.6 is 11.6 Å². The lowest BCUT2D eigenvalue weighted by Crippen LogP contribution is -2.20. The number of fused-ring (bicyclic) bond motifs is 1. The van der Waals surface area contributed by atoms with Crippen molar-refractivity contribution in [2.45, 2.75) is 13.8 Å². The summed E-state index contributed by atoms with van der Waals surface area (Å²) in [6, 6.07) is 19.1. The van der Waals surface area contributed by atoms with Gasteiger partial charge in [0.05, 0.1) is 17.6 Å². The van der Waals surface area contributed by atoms with Gasteiger partial charge < -0.3 is 19.2 Å². The Bertz CT molecular complexity index is 1360. The molecule has 1 aromatic heterocycles. The van der Waals surface area contributed by atoms with Crippen LogP contribution in [0.4, 0.5) is 5.69 Å². The molecule has 0 bridgehead atoms. The van der Waals surface area contributed by atoms with Crippen LogP contribution in [0.15, 0.2) is 75.9 Å². The van der Waals surface area contributed by atoms with Gasteiger partial charge in [0.2, 0.25) is 5.43 Å². The first-order valence-corrected chi connectivity index (χ1v) is 10.8. The summed E-state index contributed by atoms with van der Waals surface area (Å²) >= 11 is 6.29. The third-order valence-electron chi connectivity index (χ3n) is 5.00. The van der Waals surface area contributed by atoms with Crippen LogP contribution in [0.3, 0.4) is 0 Å². The maximum atomic E-state index is 13.1. The Balaban J connectivity index is 1.49. The number of hydrogen-bond donors (Lipinski definition) is 1. The highest BCUT2D eigenvalue weighted by Crippen LogP contribution is 2.30. The molecule has 0 aliphatic carbocycles. The number of hydrogen-bond acceptors (Lipinski definition) is 5. The molecule has 0 spiro atoms. The Morgan fingerprint density at radius 1 is 1.00 bits per heavy atom. The molecule has 0 aliphatic rings. The number of carbonyl (C=O) groups is 1. The number of ether oxygens (including phenoxy) is 2. The third kappa shape index (κ3) is 5.02. The van der Waals surface area contributed by atoms with Crippen LogP contribution < -0.4 is 20.2 Å². The smallest absolute Gasteiger partial charge is 0.262 e. The first kappa shape index (κ1) is 22.4. The molecule has 4 rings (SSSR count). The van der Waals surface area contributed by atoms with Crippen molar-refractivity contribution in [3.63, 3.8) is 0 Å². The monoisotopic (exact) mass is 463 g/mol. The number of rotatable bonds is 7. The quantitative estimate of drug-likeness (QED) is 0.372. The molecule has 0 unspecified atom stereocenters. The van der Waals surface area contributed by atoms with Crippen molar-refractivity contribution >= 4 is 34.2 Å². The Kier molecular flexibility index (Phi) is 6.66. The molecule has 33 heavy (non-hydrogen) atoms. The summed E-state index contributed by atoms with van der Waals surface area (Å²) in [6.45, 7) is 4.01. The number of benzene rings is 3. The number of nitrogens with one attached hydrogen (secondary N) is 1. The molecule has 6 nitrogen and oxygen atoms in total. The van der Waals surface area contributed by atoms with Gasteiger partial charge in [-0.05, 0) is 56.3 Å². The van der Waals surface area contributed by atoms with Gasteiger partial charge >= 0.3 is 0 Å². The highest BCUT2D eigenvalue weighted by atomic mass is 35.5. The molecule has 168 valence electrons. The zero-order chi connectivity index (χ0) is 23.4. The highest BCUT2D eigenvalue weighted by molar-refractivity contribution is 6.33. The van der Waals surface area contributed by atoms with Crippen molar-refractivity contribution in [2.24, 2.45) is 0 Å². The summed E-state index contributed by atoms with van der Waals surface area (Å²) in [4.78, 5) is 25.4. The lowest BCUT2D eigenvalue weighted by Gasteiger charge is -2.11. The largest absolute Gasteiger partial charge is 0.494 e. The van der Waals surface area contributed by atoms with E-state index in [0.29, 0.717) is 50.9 Å². The molecule has 1 N–H and O–H groups in total. The number of carbonyl (C=O) groups excluding carboxylic acids is 1. The topological polar surface area (TPSA) is 77.8 Å². The van der Waals surface area contributed by atoms with Crippen LogP contribution in [0.1, 0.15) is 12.7 Å². The third-order valence-corrected chi connectivity index (χ3v) is 5.33. The van der Waals surface area contributed by atoms with Gasteiger partial charge in [-0.2, -0.15) is 0 Å². The van der Waals surface area contributed by atoms with E-state index >= 15 is 0 Å². The maximum Gasteiger partial charge on any atom is 0.262 e. The number of aryl methyl sites for hydroxylation is 1. The van der Waals surface area contributed by atoms with E-state index in [-0.39, 0.29) is 17.9 Å². The van der Waals surface area contributed by atoms with Gasteiger partial charge in [-0.3, -0.25) is 9.59 Å². The summed E-state index contributed by atoms with van der Waals surface area (Å²) in [5.41, 5.74) is 1.88. The summed E-state index contributed by atoms with van der Waals surface area (Å²) in [7, 11) is 0. The summed E-state index contributed by atoms with van der Waals surface area (Å²) in [5, 5.41) is 3.64. The van der Waals surface area contributed by atoms with Crippen LogP contribution in [0.25, 0.3) is 22.1 Å². The Morgan fingerprint density at radius 3 is 2.45 bits per heavy atom. The first-order chi connectivity index (χ1) is 16.0. The molecule has 0 aliphatic heterocycles. The zero-order valence-corrected chi connectivity index (χ0v) is 18.9. The van der Waals surface area contributed by atoms with Crippen LogP contribution in [-0.4, -0.2) is 19.1 Å². The second-order valence-corrected chi connectivity index (χ2v) is 7.70. The molecule has 0 atom stereocenters. The van der Waals surface area contributed by atoms with Crippen LogP contribution in [0.2, 0.25) is 5.02 Å². The van der Waals surface area contributed by atoms with E-state index in [0.717, 1.165) is 5.75 Å². The molecule has 4 aromatic rings. The zero-order valence-electron chi connectivity index (χ0n) is 18.2. The molecular weight excluding hydrogens is 442 g/mol. The molecule has 0 saturated heterocycles. The molecular formula is C26H22ClNO5. The molecule has 0 fully saturated rings. The van der Waals surface area contributed by atoms with E-state index in [4.69, 9.17) is 25.5 Å². The Hall–Kier alpha value is -3.77. The standard InChI is InChI=1S/C26H22ClNO5/c1-3-31-18-10-8-17(9-11-18)28-24(29)15-32-19-12-13-21-23(14-19)33-16(2)25(26(21)30)20-6-4-5-7-22(20)27/h4-14H,3,15H2,1-2H3,(H,28,29). The molecule has 1 heterocycles. The van der Waals surface area contributed by atoms with Crippen molar-refractivity contribution in [3.05, 3.63) is 87.7 Å². The van der Waals surface area contributed by atoms with Crippen LogP contribution in [0.5, 0.6) is 11.5 Å². The van der Waals surface area contributed by atoms with Crippen molar-refractivity contribution in [2.75, 3.05) is 18.5 Å². The predicted octanol–water partition coefficient (Wildman–Crippen LogP) is 5.84. The van der Waals surface area contributed by atoms with Gasteiger partial charge in [-0.25, -0.2) is 0 Å². The first-order valence-electron chi connectivity index (χ1n) is 10.4. The average Bonchev–Trinajstić information content (AvgIpc) is 2.80. The van der Waals surface area contributed by atoms with Crippen LogP contribution in [0, 0.1) is 6.92 Å². The maximum absolute atomic E-state index is 13.1. The SMILES string of the molecule is CCOc1ccc(NC(=O)COc2ccc3c(=O)c(-c4ccccc4Cl)c(C)oc3c2)cc1. The fourth-order valence-corrected chi connectivity index (χ4v) is 3.73. The van der Waals surface area contributed by atoms with E-state index in [1.165, 1.54) is 0 Å². The van der Waals surface area contributed by atoms with Crippen molar-refractivity contribution in [3.8, 4) is 22.6 Å². The minimum atomic E-state index is -0.314. The number of anilines is 1. The second kappa shape index (κ2) is 9.79. The number of halogens is 1. The van der Waals surface area contributed by atoms with Gasteiger partial charge in [-0.15, -0.1) is 0 Å². The van der Waals surface area contributed by atoms with Gasteiger partial charge in [0, 0.05) is 22.3 Å². The predicted molar refractivity (Wildman–Crippen MR) is 129 cm³/mol. The summed E-state index contributed by atoms with van der Waals surface area (Å²) < 4.78 is 16.9. The van der Waals surface area contributed by atoms with Gasteiger partial charge in [-0.1, -0.05) is 29.8 Å². The Morgan fingerprint density at radius 2 is 1.73 bits per heavy atom. The van der Waals surface area contributed by atoms with E-state index in [1.807, 2.05) is 13.0 Å². The van der Waals surface area contributed by atoms with E-state index in [9.17, 15) is 9.59 Å².